The summed E-state index contributed by atoms with van der Waals surface area (Å²) < 4.78 is 10.5. The molecule has 0 heterocycles. The molecule has 9 nitrogen and oxygen atoms in total. The summed E-state index contributed by atoms with van der Waals surface area (Å²) in [6.45, 7) is 0. The topological polar surface area (TPSA) is 129 Å². The van der Waals surface area contributed by atoms with Gasteiger partial charge in [-0.25, -0.2) is 5.43 Å². The van der Waals surface area contributed by atoms with Crippen molar-refractivity contribution in [2.24, 2.45) is 5.10 Å². The van der Waals surface area contributed by atoms with Crippen molar-refractivity contribution >= 4 is 24.1 Å². The van der Waals surface area contributed by atoms with Crippen molar-refractivity contribution in [3.05, 3.63) is 89.1 Å². The predicted molar refractivity (Wildman–Crippen MR) is 127 cm³/mol. The predicted octanol–water partition coefficient (Wildman–Crippen LogP) is 3.04. The summed E-state index contributed by atoms with van der Waals surface area (Å²) in [6, 6.07) is 17.4. The van der Waals surface area contributed by atoms with Gasteiger partial charge in [0.1, 0.15) is 17.2 Å². The van der Waals surface area contributed by atoms with Gasteiger partial charge in [0.05, 0.1) is 20.4 Å². The number of ether oxygens (including phenoxy) is 2. The zero-order valence-electron chi connectivity index (χ0n) is 18.5. The Labute approximate surface area is 196 Å². The Morgan fingerprint density at radius 3 is 2.32 bits per heavy atom. The van der Waals surface area contributed by atoms with Crippen LogP contribution in [-0.4, -0.2) is 42.5 Å². The summed E-state index contributed by atoms with van der Waals surface area (Å²) in [6.07, 6.45) is 2.67. The smallest absolute Gasteiger partial charge is 0.287 e. The summed E-state index contributed by atoms with van der Waals surface area (Å²) in [4.78, 5) is 25.5. The molecule has 9 heteroatoms. The van der Waals surface area contributed by atoms with Crippen LogP contribution in [0.3, 0.4) is 0 Å². The number of hydrazone groups is 1. The highest BCUT2D eigenvalue weighted by Gasteiger charge is 2.15. The lowest BCUT2D eigenvalue weighted by atomic mass is 10.1. The molecule has 0 aromatic heterocycles. The second-order valence-corrected chi connectivity index (χ2v) is 6.93. The number of aromatic hydroxyl groups is 2. The summed E-state index contributed by atoms with van der Waals surface area (Å²) in [5, 5.41) is 25.6. The van der Waals surface area contributed by atoms with E-state index in [1.54, 1.807) is 48.5 Å². The number of methoxy groups -OCH3 is 2. The molecule has 4 N–H and O–H groups in total. The van der Waals surface area contributed by atoms with Gasteiger partial charge in [-0.3, -0.25) is 9.59 Å². The van der Waals surface area contributed by atoms with Crippen LogP contribution in [0.2, 0.25) is 0 Å². The van der Waals surface area contributed by atoms with Crippen molar-refractivity contribution < 1.29 is 29.3 Å². The van der Waals surface area contributed by atoms with Gasteiger partial charge in [-0.2, -0.15) is 5.10 Å². The summed E-state index contributed by atoms with van der Waals surface area (Å²) >= 11 is 0. The van der Waals surface area contributed by atoms with E-state index in [2.05, 4.69) is 15.8 Å². The molecular weight excluding hydrogens is 438 g/mol. The largest absolute Gasteiger partial charge is 0.508 e. The third-order valence-corrected chi connectivity index (χ3v) is 4.63. The van der Waals surface area contributed by atoms with E-state index < -0.39 is 11.8 Å². The second-order valence-electron chi connectivity index (χ2n) is 6.93. The quantitative estimate of drug-likeness (QED) is 0.232. The van der Waals surface area contributed by atoms with Crippen molar-refractivity contribution in [2.75, 3.05) is 14.2 Å². The van der Waals surface area contributed by atoms with Crippen LogP contribution < -0.4 is 20.2 Å². The molecule has 3 aromatic carbocycles. The first-order valence-corrected chi connectivity index (χ1v) is 10.1. The first-order valence-electron chi connectivity index (χ1n) is 10.1. The number of nitrogens with zero attached hydrogens (tertiary/aromatic N) is 1. The summed E-state index contributed by atoms with van der Waals surface area (Å²) in [5.74, 6) is -0.543. The van der Waals surface area contributed by atoms with Crippen molar-refractivity contribution in [1.29, 1.82) is 0 Å². The van der Waals surface area contributed by atoms with Gasteiger partial charge in [-0.1, -0.05) is 24.3 Å². The third-order valence-electron chi connectivity index (χ3n) is 4.63. The number of benzene rings is 3. The highest BCUT2D eigenvalue weighted by Crippen LogP contribution is 2.28. The maximum Gasteiger partial charge on any atom is 0.287 e. The molecule has 0 radical (unpaired) electrons. The number of hydrogen-bond donors (Lipinski definition) is 4. The Kier molecular flexibility index (Phi) is 7.85. The van der Waals surface area contributed by atoms with E-state index in [1.165, 1.54) is 38.6 Å². The first kappa shape index (κ1) is 23.9. The zero-order valence-corrected chi connectivity index (χ0v) is 18.5. The molecule has 0 unspecified atom stereocenters. The van der Waals surface area contributed by atoms with Crippen LogP contribution in [0.15, 0.2) is 77.5 Å². The van der Waals surface area contributed by atoms with Crippen LogP contribution in [0.5, 0.6) is 23.0 Å². The van der Waals surface area contributed by atoms with Crippen LogP contribution in [0.4, 0.5) is 0 Å². The van der Waals surface area contributed by atoms with E-state index in [-0.39, 0.29) is 22.8 Å². The Bertz CT molecular complexity index is 1240. The van der Waals surface area contributed by atoms with E-state index in [0.717, 1.165) is 6.07 Å². The SMILES string of the molecule is COc1ccc(/C=C(/NC(=O)c2ccccc2)C(=O)N/N=C\c2ccc(O)cc2O)cc1OC. The van der Waals surface area contributed by atoms with Gasteiger partial charge >= 0.3 is 0 Å². The molecule has 3 rings (SSSR count). The molecule has 0 saturated carbocycles. The molecule has 0 aliphatic heterocycles. The minimum atomic E-state index is -0.700. The fourth-order valence-corrected chi connectivity index (χ4v) is 2.91. The average Bonchev–Trinajstić information content (AvgIpc) is 2.85. The van der Waals surface area contributed by atoms with Crippen molar-refractivity contribution in [2.45, 2.75) is 0 Å². The molecular formula is C25H23N3O6. The molecule has 0 fully saturated rings. The first-order chi connectivity index (χ1) is 16.4. The van der Waals surface area contributed by atoms with E-state index in [1.807, 2.05) is 0 Å². The normalized spacial score (nSPS) is 11.2. The van der Waals surface area contributed by atoms with Crippen molar-refractivity contribution in [1.82, 2.24) is 10.7 Å². The molecule has 0 saturated heterocycles. The Balaban J connectivity index is 1.87. The van der Waals surface area contributed by atoms with E-state index >= 15 is 0 Å². The standard InChI is InChI=1S/C25H23N3O6/c1-33-22-11-8-16(13-23(22)34-2)12-20(27-24(31)17-6-4-3-5-7-17)25(32)28-26-15-18-9-10-19(29)14-21(18)30/h3-15,29-30H,1-2H3,(H,27,31)(H,28,32)/b20-12+,26-15-. The molecule has 0 spiro atoms. The molecule has 34 heavy (non-hydrogen) atoms. The van der Waals surface area contributed by atoms with Gasteiger partial charge in [-0.05, 0) is 48.0 Å². The fourth-order valence-electron chi connectivity index (χ4n) is 2.91. The zero-order chi connectivity index (χ0) is 24.5. The van der Waals surface area contributed by atoms with E-state index in [0.29, 0.717) is 22.6 Å². The molecule has 0 atom stereocenters. The number of amides is 2. The van der Waals surface area contributed by atoms with E-state index in [4.69, 9.17) is 9.47 Å². The minimum absolute atomic E-state index is 0.0758. The van der Waals surface area contributed by atoms with Crippen LogP contribution >= 0.6 is 0 Å². The monoisotopic (exact) mass is 461 g/mol. The Morgan fingerprint density at radius 2 is 1.65 bits per heavy atom. The number of phenols is 2. The highest BCUT2D eigenvalue weighted by molar-refractivity contribution is 6.05. The lowest BCUT2D eigenvalue weighted by molar-refractivity contribution is -0.117. The molecule has 0 bridgehead atoms. The van der Waals surface area contributed by atoms with Gasteiger partial charge in [-0.15, -0.1) is 0 Å². The molecule has 2 amide bonds. The summed E-state index contributed by atoms with van der Waals surface area (Å²) in [5.41, 5.74) is 3.45. The number of nitrogens with one attached hydrogen (secondary N) is 2. The van der Waals surface area contributed by atoms with Gasteiger partial charge in [0.15, 0.2) is 11.5 Å². The maximum absolute atomic E-state index is 12.9. The van der Waals surface area contributed by atoms with E-state index in [9.17, 15) is 19.8 Å². The second kappa shape index (κ2) is 11.2. The van der Waals surface area contributed by atoms with Crippen LogP contribution in [0.1, 0.15) is 21.5 Å². The highest BCUT2D eigenvalue weighted by atomic mass is 16.5. The van der Waals surface area contributed by atoms with Crippen molar-refractivity contribution in [3.8, 4) is 23.0 Å². The number of carbonyl (C=O) groups excluding carboxylic acids is 2. The number of carbonyl (C=O) groups is 2. The number of phenolic OH excluding ortho intramolecular Hbond substituents is 2. The van der Waals surface area contributed by atoms with Crippen LogP contribution in [0.25, 0.3) is 6.08 Å². The summed E-state index contributed by atoms with van der Waals surface area (Å²) in [7, 11) is 3.00. The Morgan fingerprint density at radius 1 is 0.912 bits per heavy atom. The van der Waals surface area contributed by atoms with Gasteiger partial charge in [0.25, 0.3) is 11.8 Å². The van der Waals surface area contributed by atoms with Gasteiger partial charge in [0.2, 0.25) is 0 Å². The van der Waals surface area contributed by atoms with Crippen LogP contribution in [-0.2, 0) is 4.79 Å². The minimum Gasteiger partial charge on any atom is -0.508 e. The maximum atomic E-state index is 12.9. The third kappa shape index (κ3) is 6.13. The van der Waals surface area contributed by atoms with Crippen molar-refractivity contribution in [3.63, 3.8) is 0 Å². The fraction of sp³-hybridized carbons (Fsp3) is 0.0800. The van der Waals surface area contributed by atoms with Crippen LogP contribution in [0, 0.1) is 0 Å². The molecule has 0 aliphatic carbocycles. The molecule has 0 aliphatic rings. The van der Waals surface area contributed by atoms with Gasteiger partial charge in [0, 0.05) is 17.2 Å². The molecule has 174 valence electrons. The Hall–Kier alpha value is -4.79. The molecule has 3 aromatic rings. The van der Waals surface area contributed by atoms with Gasteiger partial charge < -0.3 is 25.0 Å². The number of rotatable bonds is 8. The average molecular weight is 461 g/mol. The number of hydrogen-bond acceptors (Lipinski definition) is 7. The lowest BCUT2D eigenvalue weighted by Gasteiger charge is -2.11. The lowest BCUT2D eigenvalue weighted by Crippen LogP contribution is -2.32.